The van der Waals surface area contributed by atoms with E-state index in [1.54, 1.807) is 0 Å². The summed E-state index contributed by atoms with van der Waals surface area (Å²) in [5.74, 6) is -0.144. The molecule has 336 valence electrons. The summed E-state index contributed by atoms with van der Waals surface area (Å²) in [6.45, 7) is 6.42. The predicted molar refractivity (Wildman–Crippen MR) is 248 cm³/mol. The average molecular weight is 868 g/mol. The maximum Gasteiger partial charge on any atom is 0.407 e. The van der Waals surface area contributed by atoms with E-state index >= 15 is 0 Å². The van der Waals surface area contributed by atoms with Gasteiger partial charge in [0.05, 0.1) is 26.3 Å². The molecule has 12 heteroatoms. The van der Waals surface area contributed by atoms with Crippen molar-refractivity contribution in [3.8, 4) is 11.1 Å². The molecule has 4 fully saturated rings. The number of rotatable bonds is 11. The van der Waals surface area contributed by atoms with Gasteiger partial charge in [-0.2, -0.15) is 0 Å². The molecule has 2 unspecified atom stereocenters. The van der Waals surface area contributed by atoms with E-state index in [-0.39, 0.29) is 35.7 Å². The third-order valence-corrected chi connectivity index (χ3v) is 14.6. The number of likely N-dealkylation sites (tertiary alicyclic amines) is 2. The SMILES string of the molecule is COC(=O)NC(C(=O)N1CCC[C@H]1C1=NC=C(c2ccc3cc(-c4ccc(C5=C6CCCC6=C(C6CCCN6C(=O)[C@@H](NC(=O)OC)C(C)C)C5)cc4)ccc3c2)C1)C1CCOCC1. The molecule has 0 aromatic heterocycles. The van der Waals surface area contributed by atoms with Crippen LogP contribution in [-0.4, -0.2) is 104 Å². The van der Waals surface area contributed by atoms with Crippen molar-refractivity contribution in [1.82, 2.24) is 20.4 Å². The predicted octanol–water partition coefficient (Wildman–Crippen LogP) is 8.84. The fraction of sp³-hybridized carbons (Fsp3) is 0.481. The van der Waals surface area contributed by atoms with Crippen LogP contribution in [0.2, 0.25) is 0 Å². The Morgan fingerprint density at radius 3 is 1.98 bits per heavy atom. The normalized spacial score (nSPS) is 22.2. The zero-order valence-electron chi connectivity index (χ0n) is 37.6. The molecule has 3 saturated heterocycles. The number of carbonyl (C=O) groups is 4. The van der Waals surface area contributed by atoms with Gasteiger partial charge in [-0.15, -0.1) is 0 Å². The van der Waals surface area contributed by atoms with Crippen molar-refractivity contribution in [2.75, 3.05) is 40.5 Å². The fourth-order valence-electron chi connectivity index (χ4n) is 11.2. The minimum atomic E-state index is -0.651. The van der Waals surface area contributed by atoms with Crippen molar-refractivity contribution in [3.05, 3.63) is 94.7 Å². The molecule has 64 heavy (non-hydrogen) atoms. The number of aliphatic imine (C=N–C) groups is 1. The molecular weight excluding hydrogens is 807 g/mol. The largest absolute Gasteiger partial charge is 0.453 e. The number of amides is 4. The van der Waals surface area contributed by atoms with Gasteiger partial charge in [-0.3, -0.25) is 14.6 Å². The Balaban J connectivity index is 0.854. The number of benzene rings is 3. The number of allylic oxidation sites excluding steroid dienone is 4. The van der Waals surface area contributed by atoms with Crippen LogP contribution < -0.4 is 10.6 Å². The van der Waals surface area contributed by atoms with Crippen LogP contribution in [0.5, 0.6) is 0 Å². The Bertz CT molecular complexity index is 2440. The highest BCUT2D eigenvalue weighted by molar-refractivity contribution is 6.04. The molecule has 0 radical (unpaired) electrons. The number of ether oxygens (including phenoxy) is 3. The molecule has 2 N–H and O–H groups in total. The smallest absolute Gasteiger partial charge is 0.407 e. The van der Waals surface area contributed by atoms with Crippen molar-refractivity contribution in [2.24, 2.45) is 16.8 Å². The maximum atomic E-state index is 14.1. The highest BCUT2D eigenvalue weighted by atomic mass is 16.5. The third kappa shape index (κ3) is 8.61. The van der Waals surface area contributed by atoms with E-state index in [1.807, 2.05) is 29.8 Å². The van der Waals surface area contributed by atoms with E-state index < -0.39 is 24.3 Å². The molecule has 2 aliphatic carbocycles. The topological polar surface area (TPSA) is 139 Å². The maximum absolute atomic E-state index is 14.1. The lowest BCUT2D eigenvalue weighted by Gasteiger charge is -2.34. The van der Waals surface area contributed by atoms with Crippen molar-refractivity contribution in [3.63, 3.8) is 0 Å². The molecule has 0 spiro atoms. The minimum absolute atomic E-state index is 0.00179. The second kappa shape index (κ2) is 18.8. The van der Waals surface area contributed by atoms with Crippen LogP contribution in [0.15, 0.2) is 88.6 Å². The average Bonchev–Trinajstić information content (AvgIpc) is 4.19. The number of methoxy groups -OCH3 is 2. The Morgan fingerprint density at radius 1 is 0.672 bits per heavy atom. The van der Waals surface area contributed by atoms with Crippen LogP contribution in [-0.2, 0) is 23.8 Å². The molecule has 4 aliphatic heterocycles. The van der Waals surface area contributed by atoms with E-state index in [4.69, 9.17) is 19.2 Å². The number of hydrogen-bond donors (Lipinski definition) is 2. The molecule has 12 nitrogen and oxygen atoms in total. The van der Waals surface area contributed by atoms with Gasteiger partial charge in [0.15, 0.2) is 0 Å². The lowest BCUT2D eigenvalue weighted by Crippen LogP contribution is -2.55. The first-order valence-corrected chi connectivity index (χ1v) is 23.3. The first kappa shape index (κ1) is 43.5. The second-order valence-electron chi connectivity index (χ2n) is 18.6. The number of nitrogens with zero attached hydrogens (tertiary/aromatic N) is 3. The van der Waals surface area contributed by atoms with Gasteiger partial charge in [0, 0.05) is 44.6 Å². The Labute approximate surface area is 376 Å². The Kier molecular flexibility index (Phi) is 12.8. The van der Waals surface area contributed by atoms with Gasteiger partial charge in [0.25, 0.3) is 0 Å². The van der Waals surface area contributed by atoms with E-state index in [2.05, 4.69) is 71.3 Å². The van der Waals surface area contributed by atoms with Gasteiger partial charge in [0.2, 0.25) is 11.8 Å². The highest BCUT2D eigenvalue weighted by Crippen LogP contribution is 2.50. The van der Waals surface area contributed by atoms with Crippen LogP contribution in [0.1, 0.15) is 95.6 Å². The Hall–Kier alpha value is -5.75. The van der Waals surface area contributed by atoms with Gasteiger partial charge < -0.3 is 34.6 Å². The number of carbonyl (C=O) groups excluding carboxylic acids is 4. The highest BCUT2D eigenvalue weighted by Gasteiger charge is 2.42. The van der Waals surface area contributed by atoms with Crippen molar-refractivity contribution in [1.29, 1.82) is 0 Å². The van der Waals surface area contributed by atoms with Crippen molar-refractivity contribution in [2.45, 2.75) is 109 Å². The first-order valence-electron chi connectivity index (χ1n) is 23.3. The quantitative estimate of drug-likeness (QED) is 0.196. The van der Waals surface area contributed by atoms with Crippen LogP contribution in [0.3, 0.4) is 0 Å². The van der Waals surface area contributed by atoms with Crippen molar-refractivity contribution < 1.29 is 33.4 Å². The second-order valence-corrected chi connectivity index (χ2v) is 18.6. The van der Waals surface area contributed by atoms with Crippen LogP contribution >= 0.6 is 0 Å². The summed E-state index contributed by atoms with van der Waals surface area (Å²) in [5, 5.41) is 7.97. The summed E-state index contributed by atoms with van der Waals surface area (Å²) in [7, 11) is 2.66. The van der Waals surface area contributed by atoms with Gasteiger partial charge in [0.1, 0.15) is 12.1 Å². The molecule has 6 aliphatic rings. The number of nitrogens with one attached hydrogen (secondary N) is 2. The molecule has 0 bridgehead atoms. The number of fused-ring (bicyclic) bond motifs is 2. The summed E-state index contributed by atoms with van der Waals surface area (Å²) >= 11 is 0. The zero-order chi connectivity index (χ0) is 44.5. The third-order valence-electron chi connectivity index (χ3n) is 14.6. The van der Waals surface area contributed by atoms with E-state index in [9.17, 15) is 19.2 Å². The molecule has 3 aromatic carbocycles. The van der Waals surface area contributed by atoms with Crippen LogP contribution in [0, 0.1) is 11.8 Å². The monoisotopic (exact) mass is 867 g/mol. The Morgan fingerprint density at radius 2 is 1.28 bits per heavy atom. The molecule has 4 heterocycles. The lowest BCUT2D eigenvalue weighted by molar-refractivity contribution is -0.136. The zero-order valence-corrected chi connectivity index (χ0v) is 37.6. The van der Waals surface area contributed by atoms with Gasteiger partial charge in [-0.05, 0) is 149 Å². The van der Waals surface area contributed by atoms with Gasteiger partial charge in [-0.25, -0.2) is 9.59 Å². The summed E-state index contributed by atoms with van der Waals surface area (Å²) in [6.07, 6.45) is 10.7. The van der Waals surface area contributed by atoms with Crippen LogP contribution in [0.25, 0.3) is 33.0 Å². The molecule has 1 saturated carbocycles. The van der Waals surface area contributed by atoms with E-state index in [0.717, 1.165) is 90.1 Å². The summed E-state index contributed by atoms with van der Waals surface area (Å²) < 4.78 is 15.3. The molecule has 4 atom stereocenters. The molecular formula is C52H61N5O7. The van der Waals surface area contributed by atoms with Gasteiger partial charge >= 0.3 is 12.2 Å². The summed E-state index contributed by atoms with van der Waals surface area (Å²) in [6, 6.07) is 20.9. The molecule has 9 rings (SSSR count). The minimum Gasteiger partial charge on any atom is -0.453 e. The van der Waals surface area contributed by atoms with Gasteiger partial charge in [-0.1, -0.05) is 62.4 Å². The van der Waals surface area contributed by atoms with E-state index in [0.29, 0.717) is 45.6 Å². The summed E-state index contributed by atoms with van der Waals surface area (Å²) in [4.78, 5) is 61.3. The summed E-state index contributed by atoms with van der Waals surface area (Å²) in [5.41, 5.74) is 12.5. The number of alkyl carbamates (subject to hydrolysis) is 2. The van der Waals surface area contributed by atoms with Crippen LogP contribution in [0.4, 0.5) is 9.59 Å². The van der Waals surface area contributed by atoms with E-state index in [1.165, 1.54) is 42.1 Å². The number of hydrogen-bond acceptors (Lipinski definition) is 8. The lowest BCUT2D eigenvalue weighted by atomic mass is 9.90. The first-order chi connectivity index (χ1) is 31.1. The molecule has 3 aromatic rings. The fourth-order valence-corrected chi connectivity index (χ4v) is 11.2. The molecule has 4 amide bonds. The standard InChI is InChI=1S/C52H61N5O7/c1-31(2)47(54-51(60)62-3)49(58)56-22-6-10-45(56)43-29-42(40-8-5-9-41(40)43)33-14-12-32(13-15-33)35-16-17-37-27-38(19-18-36(37)26-35)39-28-44(53-30-39)46-11-7-23-57(46)50(59)48(55-52(61)63-4)34-20-24-64-25-21-34/h12-19,26-27,30-31,34,45-48H,5-11,20-25,28-29H2,1-4H3,(H,54,60)(H,55,61)/t45?,46-,47-,48?/m0/s1. The van der Waals surface area contributed by atoms with Crippen molar-refractivity contribution >= 4 is 51.6 Å².